The van der Waals surface area contributed by atoms with Crippen molar-refractivity contribution >= 4 is 33.3 Å². The lowest BCUT2D eigenvalue weighted by atomic mass is 10.2. The van der Waals surface area contributed by atoms with E-state index >= 15 is 0 Å². The maximum absolute atomic E-state index is 9.00. The summed E-state index contributed by atoms with van der Waals surface area (Å²) in [4.78, 5) is 9.72. The maximum atomic E-state index is 9.00. The summed E-state index contributed by atoms with van der Waals surface area (Å²) in [5, 5.41) is 18.2. The zero-order valence-electron chi connectivity index (χ0n) is 9.90. The Balaban J connectivity index is 2.27. The third-order valence-corrected chi connectivity index (χ3v) is 3.28. The molecule has 0 aliphatic heterocycles. The summed E-state index contributed by atoms with van der Waals surface area (Å²) in [6, 6.07) is 2.01. The van der Waals surface area contributed by atoms with E-state index in [0.717, 1.165) is 16.0 Å². The molecule has 1 unspecified atom stereocenters. The van der Waals surface area contributed by atoms with Gasteiger partial charge in [-0.05, 0) is 17.4 Å². The van der Waals surface area contributed by atoms with Crippen LogP contribution in [0.3, 0.4) is 0 Å². The molecule has 5 nitrogen and oxygen atoms in total. The quantitative estimate of drug-likeness (QED) is 0.756. The molecular weight excluding hydrogens is 236 g/mol. The lowest BCUT2D eigenvalue weighted by molar-refractivity contribution is 0.244. The minimum absolute atomic E-state index is 0.170. The van der Waals surface area contributed by atoms with Crippen LogP contribution in [0.4, 0.5) is 11.8 Å². The summed E-state index contributed by atoms with van der Waals surface area (Å²) in [6.07, 6.45) is 0. The van der Waals surface area contributed by atoms with Crippen LogP contribution < -0.4 is 10.6 Å². The van der Waals surface area contributed by atoms with Crippen LogP contribution in [0.15, 0.2) is 11.4 Å². The summed E-state index contributed by atoms with van der Waals surface area (Å²) in [5.74, 6) is 1.64. The van der Waals surface area contributed by atoms with E-state index in [1.165, 1.54) is 0 Å². The van der Waals surface area contributed by atoms with Gasteiger partial charge in [0.15, 0.2) is 0 Å². The molecule has 0 saturated carbocycles. The van der Waals surface area contributed by atoms with Crippen molar-refractivity contribution in [3.05, 3.63) is 11.4 Å². The Bertz CT molecular complexity index is 499. The Morgan fingerprint density at radius 3 is 3.00 bits per heavy atom. The minimum atomic E-state index is 0.170. The van der Waals surface area contributed by atoms with E-state index in [1.807, 2.05) is 18.4 Å². The van der Waals surface area contributed by atoms with E-state index in [-0.39, 0.29) is 12.5 Å². The van der Waals surface area contributed by atoms with E-state index in [1.54, 1.807) is 18.4 Å². The van der Waals surface area contributed by atoms with E-state index in [2.05, 4.69) is 20.6 Å². The lowest BCUT2D eigenvalue weighted by Gasteiger charge is -2.11. The normalized spacial score (nSPS) is 12.6. The van der Waals surface area contributed by atoms with Gasteiger partial charge in [-0.15, -0.1) is 11.3 Å². The Morgan fingerprint density at radius 1 is 1.47 bits per heavy atom. The van der Waals surface area contributed by atoms with Crippen molar-refractivity contribution in [1.82, 2.24) is 9.97 Å². The average molecular weight is 252 g/mol. The smallest absolute Gasteiger partial charge is 0.225 e. The molecule has 0 amide bonds. The third kappa shape index (κ3) is 2.65. The van der Waals surface area contributed by atoms with Crippen LogP contribution in [0.1, 0.15) is 6.92 Å². The lowest BCUT2D eigenvalue weighted by Crippen LogP contribution is -2.15. The van der Waals surface area contributed by atoms with Gasteiger partial charge in [-0.25, -0.2) is 4.98 Å². The molecule has 0 aliphatic carbocycles. The third-order valence-electron chi connectivity index (χ3n) is 2.48. The summed E-state index contributed by atoms with van der Waals surface area (Å²) in [7, 11) is 1.80. The summed E-state index contributed by atoms with van der Waals surface area (Å²) >= 11 is 1.59. The van der Waals surface area contributed by atoms with Crippen molar-refractivity contribution in [1.29, 1.82) is 0 Å². The van der Waals surface area contributed by atoms with Crippen LogP contribution in [0.25, 0.3) is 10.2 Å². The van der Waals surface area contributed by atoms with E-state index in [4.69, 9.17) is 5.11 Å². The molecule has 0 aromatic carbocycles. The highest BCUT2D eigenvalue weighted by molar-refractivity contribution is 7.16. The number of hydrogen-bond acceptors (Lipinski definition) is 6. The molecule has 6 heteroatoms. The van der Waals surface area contributed by atoms with E-state index < -0.39 is 0 Å². The second-order valence-electron chi connectivity index (χ2n) is 3.95. The van der Waals surface area contributed by atoms with Crippen molar-refractivity contribution in [3.63, 3.8) is 0 Å². The van der Waals surface area contributed by atoms with Crippen LogP contribution in [0.2, 0.25) is 0 Å². The molecule has 2 heterocycles. The zero-order valence-corrected chi connectivity index (χ0v) is 10.7. The van der Waals surface area contributed by atoms with Gasteiger partial charge >= 0.3 is 0 Å². The fourth-order valence-corrected chi connectivity index (χ4v) is 2.20. The Morgan fingerprint density at radius 2 is 2.29 bits per heavy atom. The predicted molar refractivity (Wildman–Crippen MR) is 71.7 cm³/mol. The van der Waals surface area contributed by atoms with Gasteiger partial charge in [0.25, 0.3) is 0 Å². The molecule has 0 bridgehead atoms. The van der Waals surface area contributed by atoms with Gasteiger partial charge in [0.05, 0.1) is 5.39 Å². The molecule has 2 rings (SSSR count). The first kappa shape index (κ1) is 12.1. The molecule has 0 saturated heterocycles. The topological polar surface area (TPSA) is 70.1 Å². The maximum Gasteiger partial charge on any atom is 0.225 e. The Labute approximate surface area is 104 Å². The fourth-order valence-electron chi connectivity index (χ4n) is 1.44. The van der Waals surface area contributed by atoms with Gasteiger partial charge in [0.1, 0.15) is 10.6 Å². The highest BCUT2D eigenvalue weighted by atomic mass is 32.1. The van der Waals surface area contributed by atoms with Gasteiger partial charge in [0.2, 0.25) is 5.95 Å². The molecule has 17 heavy (non-hydrogen) atoms. The number of hydrogen-bond donors (Lipinski definition) is 3. The van der Waals surface area contributed by atoms with Crippen LogP contribution in [-0.2, 0) is 0 Å². The molecule has 2 aromatic rings. The molecule has 0 aliphatic rings. The molecule has 1 atom stereocenters. The Hall–Kier alpha value is -1.40. The SMILES string of the molecule is CNc1nc(NCC(C)CO)c2ccsc2n1. The number of rotatable bonds is 5. The molecule has 2 aromatic heterocycles. The number of aliphatic hydroxyl groups excluding tert-OH is 1. The number of aliphatic hydroxyl groups is 1. The number of fused-ring (bicyclic) bond motifs is 1. The highest BCUT2D eigenvalue weighted by Gasteiger charge is 2.08. The van der Waals surface area contributed by atoms with Gasteiger partial charge < -0.3 is 15.7 Å². The first-order valence-corrected chi connectivity index (χ1v) is 6.40. The second-order valence-corrected chi connectivity index (χ2v) is 4.85. The van der Waals surface area contributed by atoms with Crippen LogP contribution in [-0.4, -0.2) is 35.3 Å². The molecule has 0 spiro atoms. The summed E-state index contributed by atoms with van der Waals surface area (Å²) in [6.45, 7) is 2.85. The number of thiophene rings is 1. The van der Waals surface area contributed by atoms with Gasteiger partial charge in [-0.3, -0.25) is 0 Å². The zero-order chi connectivity index (χ0) is 12.3. The number of aromatic nitrogens is 2. The van der Waals surface area contributed by atoms with Crippen molar-refractivity contribution in [2.24, 2.45) is 5.92 Å². The molecule has 0 radical (unpaired) electrons. The predicted octanol–water partition coefficient (Wildman–Crippen LogP) is 1.77. The van der Waals surface area contributed by atoms with Gasteiger partial charge in [-0.2, -0.15) is 4.98 Å². The number of nitrogens with one attached hydrogen (secondary N) is 2. The Kier molecular flexibility index (Phi) is 3.75. The van der Waals surface area contributed by atoms with Crippen LogP contribution in [0.5, 0.6) is 0 Å². The summed E-state index contributed by atoms with van der Waals surface area (Å²) in [5.41, 5.74) is 0. The van der Waals surface area contributed by atoms with Gasteiger partial charge in [0, 0.05) is 20.2 Å². The largest absolute Gasteiger partial charge is 0.396 e. The standard InChI is InChI=1S/C11H16N4OS/c1-7(6-16)5-13-9-8-3-4-17-10(8)15-11(12-2)14-9/h3-4,7,16H,5-6H2,1-2H3,(H2,12,13,14,15). The van der Waals surface area contributed by atoms with Crippen molar-refractivity contribution < 1.29 is 5.11 Å². The minimum Gasteiger partial charge on any atom is -0.396 e. The fraction of sp³-hybridized carbons (Fsp3) is 0.455. The van der Waals surface area contributed by atoms with Crippen LogP contribution in [0, 0.1) is 5.92 Å². The molecule has 92 valence electrons. The summed E-state index contributed by atoms with van der Waals surface area (Å²) < 4.78 is 0. The van der Waals surface area contributed by atoms with Crippen molar-refractivity contribution in [2.75, 3.05) is 30.8 Å². The molecular formula is C11H16N4OS. The number of nitrogens with zero attached hydrogens (tertiary/aromatic N) is 2. The second kappa shape index (κ2) is 5.29. The first-order valence-electron chi connectivity index (χ1n) is 5.52. The van der Waals surface area contributed by atoms with Crippen molar-refractivity contribution in [2.45, 2.75) is 6.92 Å². The molecule has 0 fully saturated rings. The van der Waals surface area contributed by atoms with E-state index in [9.17, 15) is 0 Å². The van der Waals surface area contributed by atoms with Crippen molar-refractivity contribution in [3.8, 4) is 0 Å². The molecule has 3 N–H and O–H groups in total. The van der Waals surface area contributed by atoms with E-state index in [0.29, 0.717) is 12.5 Å². The first-order chi connectivity index (χ1) is 8.24. The van der Waals surface area contributed by atoms with Gasteiger partial charge in [-0.1, -0.05) is 6.92 Å². The van der Waals surface area contributed by atoms with Crippen LogP contribution >= 0.6 is 11.3 Å². The average Bonchev–Trinajstić information content (AvgIpc) is 2.83. The highest BCUT2D eigenvalue weighted by Crippen LogP contribution is 2.26. The number of anilines is 2. The monoisotopic (exact) mass is 252 g/mol.